The number of nitrogens with one attached hydrogen (secondary N) is 1. The van der Waals surface area contributed by atoms with Gasteiger partial charge in [0.05, 0.1) is 34.1 Å². The first kappa shape index (κ1) is 26.0. The summed E-state index contributed by atoms with van der Waals surface area (Å²) in [6, 6.07) is 31.4. The summed E-state index contributed by atoms with van der Waals surface area (Å²) in [7, 11) is 4.05. The van der Waals surface area contributed by atoms with E-state index < -0.39 is 0 Å². The molecule has 1 aliphatic heterocycles. The van der Waals surface area contributed by atoms with Gasteiger partial charge in [0.25, 0.3) is 0 Å². The van der Waals surface area contributed by atoms with E-state index in [1.807, 2.05) is 50.5 Å². The summed E-state index contributed by atoms with van der Waals surface area (Å²) >= 11 is 0. The van der Waals surface area contributed by atoms with Crippen molar-refractivity contribution < 1.29 is 0 Å². The molecule has 1 aliphatic rings. The third kappa shape index (κ3) is 5.39. The van der Waals surface area contributed by atoms with Crippen LogP contribution in [-0.4, -0.2) is 27.2 Å². The molecule has 4 aromatic carbocycles. The number of azo groups is 1. The van der Waals surface area contributed by atoms with E-state index in [-0.39, 0.29) is 12.4 Å². The highest BCUT2D eigenvalue weighted by Gasteiger charge is 2.25. The van der Waals surface area contributed by atoms with E-state index in [0.717, 1.165) is 58.6 Å². The van der Waals surface area contributed by atoms with Crippen molar-refractivity contribution in [2.75, 3.05) is 47.2 Å². The number of fused-ring (bicyclic) bond motifs is 2. The number of rotatable bonds is 7. The molecule has 0 unspecified atom stereocenters. The monoisotopic (exact) mass is 512 g/mol. The molecule has 0 saturated carbocycles. The fourth-order valence-corrected chi connectivity index (χ4v) is 4.53. The van der Waals surface area contributed by atoms with Gasteiger partial charge < -0.3 is 20.0 Å². The first-order valence-corrected chi connectivity index (χ1v) is 12.4. The number of benzene rings is 4. The Labute approximate surface area is 225 Å². The highest BCUT2D eigenvalue weighted by atomic mass is 35.5. The van der Waals surface area contributed by atoms with Crippen LogP contribution in [0.15, 0.2) is 101 Å². The van der Waals surface area contributed by atoms with Gasteiger partial charge in [-0.2, -0.15) is 10.2 Å². The van der Waals surface area contributed by atoms with Crippen LogP contribution >= 0.6 is 12.4 Å². The largest absolute Gasteiger partial charge is 0.378 e. The summed E-state index contributed by atoms with van der Waals surface area (Å²) in [4.78, 5) is 6.74. The van der Waals surface area contributed by atoms with E-state index in [4.69, 9.17) is 0 Å². The van der Waals surface area contributed by atoms with Crippen LogP contribution in [0, 0.1) is 0 Å². The lowest BCUT2D eigenvalue weighted by atomic mass is 10.1. The molecule has 4 aromatic rings. The molecule has 5 rings (SSSR count). The van der Waals surface area contributed by atoms with Crippen molar-refractivity contribution in [1.82, 2.24) is 0 Å². The fourth-order valence-electron chi connectivity index (χ4n) is 4.53. The normalized spacial score (nSPS) is 11.8. The van der Waals surface area contributed by atoms with Gasteiger partial charge in [-0.1, -0.05) is 18.2 Å². The van der Waals surface area contributed by atoms with Crippen molar-refractivity contribution >= 4 is 63.6 Å². The molecular formula is C30H33ClN6. The average Bonchev–Trinajstić information content (AvgIpc) is 2.92. The summed E-state index contributed by atoms with van der Waals surface area (Å²) in [5.74, 6) is 0. The van der Waals surface area contributed by atoms with E-state index in [1.54, 1.807) is 0 Å². The lowest BCUT2D eigenvalue weighted by molar-refractivity contribution is 0.866. The number of hydrogen-bond donors (Lipinski definition) is 1. The van der Waals surface area contributed by atoms with E-state index in [1.165, 1.54) is 5.69 Å². The van der Waals surface area contributed by atoms with Crippen LogP contribution in [-0.2, 0) is 0 Å². The lowest BCUT2D eigenvalue weighted by Gasteiger charge is -2.35. The minimum absolute atomic E-state index is 0. The number of nitrogens with zero attached hydrogens (tertiary/aromatic N) is 5. The second kappa shape index (κ2) is 11.4. The highest BCUT2D eigenvalue weighted by molar-refractivity contribution is 5.98. The Bertz CT molecular complexity index is 1360. The van der Waals surface area contributed by atoms with Gasteiger partial charge in [0.2, 0.25) is 0 Å². The van der Waals surface area contributed by atoms with Crippen molar-refractivity contribution in [3.63, 3.8) is 0 Å². The van der Waals surface area contributed by atoms with Crippen molar-refractivity contribution in [1.29, 1.82) is 0 Å². The van der Waals surface area contributed by atoms with Gasteiger partial charge in [0, 0.05) is 44.2 Å². The maximum atomic E-state index is 4.56. The molecule has 0 amide bonds. The molecule has 0 spiro atoms. The van der Waals surface area contributed by atoms with Gasteiger partial charge >= 0.3 is 0 Å². The quantitative estimate of drug-likeness (QED) is 0.221. The van der Waals surface area contributed by atoms with E-state index in [2.05, 4.69) is 98.7 Å². The van der Waals surface area contributed by atoms with Gasteiger partial charge in [-0.3, -0.25) is 0 Å². The summed E-state index contributed by atoms with van der Waals surface area (Å²) < 4.78 is 0. The van der Waals surface area contributed by atoms with Crippen LogP contribution in [0.25, 0.3) is 0 Å². The van der Waals surface area contributed by atoms with E-state index in [0.29, 0.717) is 0 Å². The summed E-state index contributed by atoms with van der Waals surface area (Å²) in [6.45, 7) is 6.31. The Morgan fingerprint density at radius 2 is 1.24 bits per heavy atom. The first-order valence-electron chi connectivity index (χ1n) is 12.4. The molecule has 1 heterocycles. The fraction of sp³-hybridized carbons (Fsp3) is 0.200. The summed E-state index contributed by atoms with van der Waals surface area (Å²) in [5, 5.41) is 12.7. The Kier molecular flexibility index (Phi) is 7.99. The van der Waals surface area contributed by atoms with Crippen LogP contribution < -0.4 is 20.0 Å². The molecule has 0 bridgehead atoms. The zero-order valence-corrected chi connectivity index (χ0v) is 22.5. The van der Waals surface area contributed by atoms with Gasteiger partial charge in [0.1, 0.15) is 0 Å². The van der Waals surface area contributed by atoms with Crippen LogP contribution in [0.3, 0.4) is 0 Å². The predicted octanol–water partition coefficient (Wildman–Crippen LogP) is 8.96. The Morgan fingerprint density at radius 1 is 0.676 bits per heavy atom. The standard InChI is InChI=1S/C30H32N6.ClH/c1-5-35(6-2)26-17-19-28-30(21-26)36(25-10-8-7-9-11-25)29-20-23(14-18-27(29)31-28)33-32-22-12-15-24(16-13-22)34(3)4;/h7-21,31H,5-6H2,1-4H3;1H. The lowest BCUT2D eigenvalue weighted by Crippen LogP contribution is -2.23. The summed E-state index contributed by atoms with van der Waals surface area (Å²) in [5.41, 5.74) is 9.36. The number of anilines is 7. The number of para-hydroxylation sites is 1. The smallest absolute Gasteiger partial charge is 0.0879 e. The van der Waals surface area contributed by atoms with Crippen molar-refractivity contribution in [3.8, 4) is 0 Å². The van der Waals surface area contributed by atoms with Crippen LogP contribution in [0.5, 0.6) is 0 Å². The van der Waals surface area contributed by atoms with Gasteiger partial charge in [-0.05, 0) is 86.6 Å². The SMILES string of the molecule is CCN(CC)c1ccc2c(c1)N(c1ccccc1)c1cc(N=Nc3ccc(N(C)C)cc3)ccc1N2.Cl. The van der Waals surface area contributed by atoms with E-state index in [9.17, 15) is 0 Å². The van der Waals surface area contributed by atoms with Crippen molar-refractivity contribution in [3.05, 3.63) is 91.0 Å². The maximum Gasteiger partial charge on any atom is 0.0879 e. The molecule has 0 radical (unpaired) electrons. The Hall–Kier alpha value is -4.03. The van der Waals surface area contributed by atoms with Crippen molar-refractivity contribution in [2.24, 2.45) is 10.2 Å². The third-order valence-corrected chi connectivity index (χ3v) is 6.50. The van der Waals surface area contributed by atoms with Crippen LogP contribution in [0.2, 0.25) is 0 Å². The third-order valence-electron chi connectivity index (χ3n) is 6.50. The molecule has 0 aromatic heterocycles. The zero-order valence-electron chi connectivity index (χ0n) is 21.7. The molecule has 0 saturated heterocycles. The predicted molar refractivity (Wildman–Crippen MR) is 160 cm³/mol. The molecular weight excluding hydrogens is 480 g/mol. The molecule has 37 heavy (non-hydrogen) atoms. The Morgan fingerprint density at radius 3 is 1.89 bits per heavy atom. The van der Waals surface area contributed by atoms with Crippen LogP contribution in [0.4, 0.5) is 51.2 Å². The zero-order chi connectivity index (χ0) is 25.1. The highest BCUT2D eigenvalue weighted by Crippen LogP contribution is 2.50. The molecule has 7 heteroatoms. The van der Waals surface area contributed by atoms with Gasteiger partial charge in [0.15, 0.2) is 0 Å². The molecule has 190 valence electrons. The van der Waals surface area contributed by atoms with Crippen molar-refractivity contribution in [2.45, 2.75) is 13.8 Å². The van der Waals surface area contributed by atoms with Crippen LogP contribution in [0.1, 0.15) is 13.8 Å². The second-order valence-electron chi connectivity index (χ2n) is 8.98. The minimum atomic E-state index is 0. The number of hydrogen-bond acceptors (Lipinski definition) is 6. The maximum absolute atomic E-state index is 4.56. The molecule has 0 fully saturated rings. The molecule has 1 N–H and O–H groups in total. The van der Waals surface area contributed by atoms with Gasteiger partial charge in [-0.25, -0.2) is 0 Å². The topological polar surface area (TPSA) is 46.5 Å². The number of halogens is 1. The van der Waals surface area contributed by atoms with Gasteiger partial charge in [-0.15, -0.1) is 12.4 Å². The van der Waals surface area contributed by atoms with E-state index >= 15 is 0 Å². The molecule has 0 atom stereocenters. The second-order valence-corrected chi connectivity index (χ2v) is 8.98. The molecule has 0 aliphatic carbocycles. The first-order chi connectivity index (χ1) is 17.6. The minimum Gasteiger partial charge on any atom is -0.378 e. The average molecular weight is 513 g/mol. The summed E-state index contributed by atoms with van der Waals surface area (Å²) in [6.07, 6.45) is 0. The molecule has 6 nitrogen and oxygen atoms in total. The Balaban J connectivity index is 0.00000320.